The maximum Gasteiger partial charge on any atom is 0.242 e. The molecule has 4 nitrogen and oxygen atoms in total. The van der Waals surface area contributed by atoms with Gasteiger partial charge in [0.25, 0.3) is 0 Å². The number of hydrogen-bond acceptors (Lipinski definition) is 3. The number of benzene rings is 2. The zero-order valence-corrected chi connectivity index (χ0v) is 16.8. The van der Waals surface area contributed by atoms with Gasteiger partial charge in [0.2, 0.25) is 11.8 Å². The zero-order chi connectivity index (χ0) is 19.8. The van der Waals surface area contributed by atoms with Crippen molar-refractivity contribution in [2.24, 2.45) is 0 Å². The van der Waals surface area contributed by atoms with E-state index in [0.29, 0.717) is 17.1 Å². The lowest BCUT2D eigenvalue weighted by atomic mass is 10.1. The van der Waals surface area contributed by atoms with Gasteiger partial charge in [-0.3, -0.25) is 9.59 Å². The van der Waals surface area contributed by atoms with Crippen LogP contribution in [0.3, 0.4) is 0 Å². The smallest absolute Gasteiger partial charge is 0.242 e. The Morgan fingerprint density at radius 3 is 2.52 bits per heavy atom. The van der Waals surface area contributed by atoms with Gasteiger partial charge >= 0.3 is 0 Å². The molecule has 0 fully saturated rings. The van der Waals surface area contributed by atoms with Crippen LogP contribution in [0.1, 0.15) is 18.1 Å². The van der Waals surface area contributed by atoms with Crippen molar-refractivity contribution in [1.29, 1.82) is 0 Å². The van der Waals surface area contributed by atoms with E-state index in [0.717, 1.165) is 5.56 Å². The van der Waals surface area contributed by atoms with Crippen molar-refractivity contribution in [2.75, 3.05) is 12.8 Å². The second-order valence-electron chi connectivity index (χ2n) is 5.99. The predicted molar refractivity (Wildman–Crippen MR) is 108 cm³/mol. The molecule has 1 atom stereocenters. The van der Waals surface area contributed by atoms with Crippen LogP contribution in [0.2, 0.25) is 5.02 Å². The monoisotopic (exact) mass is 408 g/mol. The van der Waals surface area contributed by atoms with Crippen molar-refractivity contribution in [2.45, 2.75) is 25.3 Å². The predicted octanol–water partition coefficient (Wildman–Crippen LogP) is 3.88. The van der Waals surface area contributed by atoms with E-state index in [4.69, 9.17) is 11.6 Å². The lowest BCUT2D eigenvalue weighted by Gasteiger charge is -2.28. The lowest BCUT2D eigenvalue weighted by Crippen LogP contribution is -2.47. The Labute approximate surface area is 168 Å². The molecule has 0 aliphatic carbocycles. The normalized spacial score (nSPS) is 11.7. The molecule has 27 heavy (non-hydrogen) atoms. The van der Waals surface area contributed by atoms with Gasteiger partial charge in [-0.15, -0.1) is 11.8 Å². The van der Waals surface area contributed by atoms with Crippen molar-refractivity contribution >= 4 is 35.2 Å². The molecule has 0 unspecified atom stereocenters. The number of nitrogens with one attached hydrogen (secondary N) is 1. The van der Waals surface area contributed by atoms with E-state index in [1.165, 1.54) is 22.7 Å². The number of thioether (sulfide) groups is 1. The summed E-state index contributed by atoms with van der Waals surface area (Å²) in [5.41, 5.74) is 1.31. The number of hydrogen-bond donors (Lipinski definition) is 1. The molecule has 2 aromatic carbocycles. The molecule has 7 heteroatoms. The Balaban J connectivity index is 2.05. The van der Waals surface area contributed by atoms with Crippen molar-refractivity contribution < 1.29 is 14.0 Å². The SMILES string of the molecule is CNC(=O)[C@H](C)N(Cc1ccccc1)C(=O)CSCc1c(F)cccc1Cl. The van der Waals surface area contributed by atoms with Crippen molar-refractivity contribution in [3.63, 3.8) is 0 Å². The highest BCUT2D eigenvalue weighted by molar-refractivity contribution is 7.99. The molecular weight excluding hydrogens is 387 g/mol. The van der Waals surface area contributed by atoms with E-state index in [2.05, 4.69) is 5.32 Å². The van der Waals surface area contributed by atoms with E-state index in [1.807, 2.05) is 30.3 Å². The molecule has 1 N–H and O–H groups in total. The Hall–Kier alpha value is -2.05. The summed E-state index contributed by atoms with van der Waals surface area (Å²) in [5, 5.41) is 2.92. The molecule has 0 aromatic heterocycles. The average Bonchev–Trinajstić information content (AvgIpc) is 2.67. The Morgan fingerprint density at radius 2 is 1.89 bits per heavy atom. The summed E-state index contributed by atoms with van der Waals surface area (Å²) in [7, 11) is 1.54. The quantitative estimate of drug-likeness (QED) is 0.721. The minimum Gasteiger partial charge on any atom is -0.357 e. The summed E-state index contributed by atoms with van der Waals surface area (Å²) in [4.78, 5) is 26.4. The van der Waals surface area contributed by atoms with Crippen molar-refractivity contribution in [1.82, 2.24) is 10.2 Å². The summed E-state index contributed by atoms with van der Waals surface area (Å²) in [6.45, 7) is 2.02. The summed E-state index contributed by atoms with van der Waals surface area (Å²) in [5.74, 6) is -0.403. The van der Waals surface area contributed by atoms with Crippen LogP contribution in [0.25, 0.3) is 0 Å². The third-order valence-electron chi connectivity index (χ3n) is 4.14. The first-order chi connectivity index (χ1) is 12.9. The molecule has 2 amide bonds. The van der Waals surface area contributed by atoms with Crippen LogP contribution >= 0.6 is 23.4 Å². The van der Waals surface area contributed by atoms with Crippen LogP contribution in [0.5, 0.6) is 0 Å². The van der Waals surface area contributed by atoms with E-state index in [9.17, 15) is 14.0 Å². The number of amides is 2. The number of halogens is 2. The third-order valence-corrected chi connectivity index (χ3v) is 5.44. The molecule has 0 saturated carbocycles. The molecule has 144 valence electrons. The van der Waals surface area contributed by atoms with Crippen molar-refractivity contribution in [3.05, 3.63) is 70.5 Å². The van der Waals surface area contributed by atoms with Crippen LogP contribution in [0.15, 0.2) is 48.5 Å². The van der Waals surface area contributed by atoms with Crippen LogP contribution in [0.4, 0.5) is 4.39 Å². The molecular formula is C20H22ClFN2O2S. The highest BCUT2D eigenvalue weighted by atomic mass is 35.5. The largest absolute Gasteiger partial charge is 0.357 e. The van der Waals surface area contributed by atoms with Gasteiger partial charge in [-0.1, -0.05) is 48.0 Å². The van der Waals surface area contributed by atoms with E-state index < -0.39 is 6.04 Å². The lowest BCUT2D eigenvalue weighted by molar-refractivity contribution is -0.138. The highest BCUT2D eigenvalue weighted by Gasteiger charge is 2.25. The van der Waals surface area contributed by atoms with Crippen LogP contribution in [-0.4, -0.2) is 35.6 Å². The molecule has 0 radical (unpaired) electrons. The highest BCUT2D eigenvalue weighted by Crippen LogP contribution is 2.24. The van der Waals surface area contributed by atoms with Crippen molar-refractivity contribution in [3.8, 4) is 0 Å². The zero-order valence-electron chi connectivity index (χ0n) is 15.2. The maximum atomic E-state index is 13.9. The Morgan fingerprint density at radius 1 is 1.19 bits per heavy atom. The third kappa shape index (κ3) is 5.97. The fraction of sp³-hybridized carbons (Fsp3) is 0.300. The van der Waals surface area contributed by atoms with Crippen LogP contribution in [0, 0.1) is 5.82 Å². The summed E-state index contributed by atoms with van der Waals surface area (Å²) < 4.78 is 13.9. The van der Waals surface area contributed by atoms with E-state index in [-0.39, 0.29) is 29.1 Å². The summed E-state index contributed by atoms with van der Waals surface area (Å²) in [6, 6.07) is 13.4. The molecule has 0 aliphatic heterocycles. The molecule has 0 heterocycles. The van der Waals surface area contributed by atoms with Gasteiger partial charge in [0.05, 0.1) is 5.75 Å². The Bertz CT molecular complexity index is 769. The number of likely N-dealkylation sites (N-methyl/N-ethyl adjacent to an activating group) is 1. The van der Waals surface area contributed by atoms with Gasteiger partial charge in [0.1, 0.15) is 11.9 Å². The number of rotatable bonds is 8. The number of carbonyl (C=O) groups excluding carboxylic acids is 2. The standard InChI is InChI=1S/C20H22ClFN2O2S/c1-14(20(26)23-2)24(11-15-7-4-3-5-8-15)19(25)13-27-12-16-17(21)9-6-10-18(16)22/h3-10,14H,11-13H2,1-2H3,(H,23,26)/t14-/m0/s1. The first-order valence-electron chi connectivity index (χ1n) is 8.49. The van der Waals surface area contributed by atoms with E-state index in [1.54, 1.807) is 26.1 Å². The van der Waals surface area contributed by atoms with Crippen LogP contribution in [-0.2, 0) is 21.9 Å². The molecule has 0 aliphatic rings. The molecule has 0 bridgehead atoms. The maximum absolute atomic E-state index is 13.9. The average molecular weight is 409 g/mol. The van der Waals surface area contributed by atoms with Gasteiger partial charge in [0, 0.05) is 29.9 Å². The first kappa shape index (κ1) is 21.3. The van der Waals surface area contributed by atoms with Crippen LogP contribution < -0.4 is 5.32 Å². The van der Waals surface area contributed by atoms with Gasteiger partial charge in [-0.05, 0) is 24.6 Å². The van der Waals surface area contributed by atoms with Gasteiger partial charge in [-0.2, -0.15) is 0 Å². The summed E-state index contributed by atoms with van der Waals surface area (Å²) in [6.07, 6.45) is 0. The molecule has 2 rings (SSSR count). The molecule has 0 spiro atoms. The Kier molecular flexibility index (Phi) is 8.13. The molecule has 0 saturated heterocycles. The van der Waals surface area contributed by atoms with Gasteiger partial charge < -0.3 is 10.2 Å². The minimum atomic E-state index is -0.611. The second kappa shape index (κ2) is 10.3. The minimum absolute atomic E-state index is 0.124. The fourth-order valence-electron chi connectivity index (χ4n) is 2.57. The fourth-order valence-corrected chi connectivity index (χ4v) is 3.81. The summed E-state index contributed by atoms with van der Waals surface area (Å²) >= 11 is 7.29. The topological polar surface area (TPSA) is 49.4 Å². The van der Waals surface area contributed by atoms with E-state index >= 15 is 0 Å². The first-order valence-corrected chi connectivity index (χ1v) is 10.0. The molecule has 2 aromatic rings. The number of nitrogens with zero attached hydrogens (tertiary/aromatic N) is 1. The second-order valence-corrected chi connectivity index (χ2v) is 7.38. The van der Waals surface area contributed by atoms with Gasteiger partial charge in [-0.25, -0.2) is 4.39 Å². The number of carbonyl (C=O) groups is 2. The van der Waals surface area contributed by atoms with Gasteiger partial charge in [0.15, 0.2) is 0 Å².